The molecule has 2 aliphatic heterocycles. The van der Waals surface area contributed by atoms with Gasteiger partial charge >= 0.3 is 0 Å². The van der Waals surface area contributed by atoms with Crippen LogP contribution in [0, 0.1) is 10.8 Å². The third-order valence-corrected chi connectivity index (χ3v) is 24.5. The Morgan fingerprint density at radius 1 is 0.411 bits per heavy atom. The van der Waals surface area contributed by atoms with Crippen LogP contribution in [-0.2, 0) is 18.3 Å². The summed E-state index contributed by atoms with van der Waals surface area (Å²) in [6, 6.07) is 63.3. The Hall–Kier alpha value is -5.69. The molecule has 13 rings (SSSR count). The minimum atomic E-state index is -1.54. The second-order valence-electron chi connectivity index (χ2n) is 26.5. The molecule has 0 saturated heterocycles. The molecule has 0 amide bonds. The lowest BCUT2D eigenvalue weighted by Gasteiger charge is -2.60. The van der Waals surface area contributed by atoms with Gasteiger partial charge in [0.05, 0.1) is 21.6 Å². The predicted molar refractivity (Wildman–Crippen MR) is 319 cm³/mol. The summed E-state index contributed by atoms with van der Waals surface area (Å²) < 4.78 is 0. The summed E-state index contributed by atoms with van der Waals surface area (Å²) in [5.41, 5.74) is 16.4. The summed E-state index contributed by atoms with van der Waals surface area (Å²) in [4.78, 5) is 5.69. The van der Waals surface area contributed by atoms with Crippen LogP contribution in [0.5, 0.6) is 0 Å². The molecule has 8 aromatic rings. The van der Waals surface area contributed by atoms with Gasteiger partial charge in [-0.2, -0.15) is 0 Å². The van der Waals surface area contributed by atoms with Gasteiger partial charge < -0.3 is 9.80 Å². The smallest absolute Gasteiger partial charge is 0.0776 e. The SMILES string of the molecule is CC12CCCCC1(C)N(c1ccc3c(c1)C(c1ccccc1)(c1ccccc1)c1c-3c3ccccc3c3cc(N4c5ccc([Si](C)(C)C)cc5CC5(C)CCCCC45C)ccc13)c1ccc([Si](C)(C)C)cc1C2. The zero-order valence-electron chi connectivity index (χ0n) is 45.5. The molecule has 3 aliphatic carbocycles. The standard InChI is InChI=1S/C69H76N2Si2/c1-65-37-19-21-39-67(65,3)70(61-35-31-53(72(5,6)7)41-47(61)45-65)51-29-33-57-59(43-51)55-27-17-18-28-56(55)63-58-34-30-52(44-60(58)69(64(57)63,49-23-13-11-14-24-49)50-25-15-12-16-26-50)71-62-36-32-54(73(8,9)10)42-48(62)46-66(2)38-20-22-40-68(66,71)4/h11-18,23-36,41-44H,19-22,37-40,45-46H2,1-10H3. The lowest BCUT2D eigenvalue weighted by atomic mass is 9.57. The topological polar surface area (TPSA) is 6.48 Å². The Morgan fingerprint density at radius 2 is 0.877 bits per heavy atom. The van der Waals surface area contributed by atoms with Crippen LogP contribution in [0.15, 0.2) is 158 Å². The molecule has 4 atom stereocenters. The lowest BCUT2D eigenvalue weighted by Crippen LogP contribution is -2.61. The summed E-state index contributed by atoms with van der Waals surface area (Å²) in [7, 11) is -3.07. The van der Waals surface area contributed by atoms with Crippen LogP contribution < -0.4 is 20.2 Å². The van der Waals surface area contributed by atoms with Gasteiger partial charge in [-0.25, -0.2) is 0 Å². The molecule has 0 N–H and O–H groups in total. The second-order valence-corrected chi connectivity index (χ2v) is 36.7. The first kappa shape index (κ1) is 47.1. The Morgan fingerprint density at radius 3 is 1.40 bits per heavy atom. The number of fused-ring (bicyclic) bond motifs is 12. The van der Waals surface area contributed by atoms with Crippen molar-refractivity contribution >= 4 is 70.8 Å². The van der Waals surface area contributed by atoms with Gasteiger partial charge in [-0.3, -0.25) is 0 Å². The molecule has 2 fully saturated rings. The van der Waals surface area contributed by atoms with E-state index in [0.29, 0.717) is 0 Å². The number of rotatable bonds is 6. The van der Waals surface area contributed by atoms with E-state index in [4.69, 9.17) is 0 Å². The Balaban J connectivity index is 1.10. The first-order valence-electron chi connectivity index (χ1n) is 28.0. The number of hydrogen-bond acceptors (Lipinski definition) is 2. The van der Waals surface area contributed by atoms with E-state index in [1.165, 1.54) is 140 Å². The van der Waals surface area contributed by atoms with E-state index in [-0.39, 0.29) is 21.9 Å². The van der Waals surface area contributed by atoms with Crippen LogP contribution in [0.1, 0.15) is 112 Å². The minimum Gasteiger partial charge on any atom is -0.335 e. The molecular weight excluding hydrogens is 913 g/mol. The highest BCUT2D eigenvalue weighted by Crippen LogP contribution is 2.64. The van der Waals surface area contributed by atoms with Gasteiger partial charge in [0.1, 0.15) is 0 Å². The summed E-state index contributed by atoms with van der Waals surface area (Å²) in [5.74, 6) is 0. The van der Waals surface area contributed by atoms with Gasteiger partial charge in [-0.15, -0.1) is 0 Å². The number of benzene rings is 8. The fraction of sp³-hybridized carbons (Fsp3) is 0.362. The van der Waals surface area contributed by atoms with Crippen LogP contribution >= 0.6 is 0 Å². The molecule has 0 radical (unpaired) electrons. The van der Waals surface area contributed by atoms with Crippen molar-refractivity contribution in [3.8, 4) is 11.1 Å². The molecule has 2 heterocycles. The predicted octanol–water partition coefficient (Wildman–Crippen LogP) is 17.5. The molecule has 0 bridgehead atoms. The molecule has 5 aliphatic rings. The van der Waals surface area contributed by atoms with Crippen LogP contribution in [0.25, 0.3) is 32.7 Å². The van der Waals surface area contributed by atoms with E-state index in [2.05, 4.69) is 235 Å². The number of anilines is 4. The molecule has 370 valence electrons. The molecule has 4 heteroatoms. The lowest BCUT2D eigenvalue weighted by molar-refractivity contribution is 0.0863. The molecule has 0 spiro atoms. The summed E-state index contributed by atoms with van der Waals surface area (Å²) in [5, 5.41) is 8.50. The fourth-order valence-electron chi connectivity index (χ4n) is 15.9. The van der Waals surface area contributed by atoms with Gasteiger partial charge in [0.15, 0.2) is 0 Å². The number of hydrogen-bond donors (Lipinski definition) is 0. The third kappa shape index (κ3) is 6.64. The van der Waals surface area contributed by atoms with E-state index >= 15 is 0 Å². The Kier molecular flexibility index (Phi) is 10.4. The van der Waals surface area contributed by atoms with E-state index in [1.807, 2.05) is 0 Å². The van der Waals surface area contributed by atoms with Crippen molar-refractivity contribution in [2.24, 2.45) is 10.8 Å². The fourth-order valence-corrected chi connectivity index (χ4v) is 18.3. The molecule has 8 aromatic carbocycles. The number of nitrogens with zero attached hydrogens (tertiary/aromatic N) is 2. The maximum absolute atomic E-state index is 2.86. The van der Waals surface area contributed by atoms with Crippen molar-refractivity contribution in [2.75, 3.05) is 9.80 Å². The van der Waals surface area contributed by atoms with Crippen molar-refractivity contribution in [3.63, 3.8) is 0 Å². The maximum Gasteiger partial charge on any atom is 0.0776 e. The average molecular weight is 990 g/mol. The third-order valence-electron chi connectivity index (χ3n) is 20.4. The van der Waals surface area contributed by atoms with Crippen molar-refractivity contribution in [2.45, 2.75) is 148 Å². The van der Waals surface area contributed by atoms with Gasteiger partial charge in [-0.1, -0.05) is 211 Å². The zero-order chi connectivity index (χ0) is 50.5. The molecule has 0 aromatic heterocycles. The second kappa shape index (κ2) is 16.2. The van der Waals surface area contributed by atoms with Gasteiger partial charge in [0.2, 0.25) is 0 Å². The van der Waals surface area contributed by atoms with E-state index in [0.717, 1.165) is 12.8 Å². The van der Waals surface area contributed by atoms with Crippen molar-refractivity contribution < 1.29 is 0 Å². The minimum absolute atomic E-state index is 0.0159. The summed E-state index contributed by atoms with van der Waals surface area (Å²) in [6.45, 7) is 25.5. The van der Waals surface area contributed by atoms with Crippen molar-refractivity contribution in [3.05, 3.63) is 191 Å². The molecule has 2 saturated carbocycles. The largest absolute Gasteiger partial charge is 0.335 e. The quantitative estimate of drug-likeness (QED) is 0.121. The average Bonchev–Trinajstić information content (AvgIpc) is 3.69. The van der Waals surface area contributed by atoms with Crippen LogP contribution in [0.2, 0.25) is 39.3 Å². The molecule has 73 heavy (non-hydrogen) atoms. The summed E-state index contributed by atoms with van der Waals surface area (Å²) >= 11 is 0. The van der Waals surface area contributed by atoms with Gasteiger partial charge in [0.25, 0.3) is 0 Å². The van der Waals surface area contributed by atoms with Crippen molar-refractivity contribution in [1.82, 2.24) is 0 Å². The first-order chi connectivity index (χ1) is 34.9. The van der Waals surface area contributed by atoms with Crippen LogP contribution in [0.4, 0.5) is 22.7 Å². The Labute approximate surface area is 438 Å². The Bertz CT molecular complexity index is 3490. The highest BCUT2D eigenvalue weighted by molar-refractivity contribution is 6.89. The highest BCUT2D eigenvalue weighted by Gasteiger charge is 2.56. The van der Waals surface area contributed by atoms with E-state index in [9.17, 15) is 0 Å². The first-order valence-corrected chi connectivity index (χ1v) is 35.0. The van der Waals surface area contributed by atoms with Crippen LogP contribution in [0.3, 0.4) is 0 Å². The van der Waals surface area contributed by atoms with Gasteiger partial charge in [-0.05, 0) is 166 Å². The van der Waals surface area contributed by atoms with E-state index in [1.54, 1.807) is 10.4 Å². The highest BCUT2D eigenvalue weighted by atomic mass is 28.3. The van der Waals surface area contributed by atoms with Crippen LogP contribution in [-0.4, -0.2) is 27.2 Å². The molecule has 4 unspecified atom stereocenters. The molecular formula is C69H76N2Si2. The molecule has 2 nitrogen and oxygen atoms in total. The maximum atomic E-state index is 2.86. The van der Waals surface area contributed by atoms with E-state index < -0.39 is 21.6 Å². The monoisotopic (exact) mass is 989 g/mol. The van der Waals surface area contributed by atoms with Gasteiger partial charge in [0, 0.05) is 33.8 Å². The summed E-state index contributed by atoms with van der Waals surface area (Å²) in [6.07, 6.45) is 12.3. The normalized spacial score (nSPS) is 25.1. The zero-order valence-corrected chi connectivity index (χ0v) is 47.5. The van der Waals surface area contributed by atoms with Crippen molar-refractivity contribution in [1.29, 1.82) is 0 Å².